The van der Waals surface area contributed by atoms with E-state index in [9.17, 15) is 9.50 Å². The summed E-state index contributed by atoms with van der Waals surface area (Å²) < 4.78 is 13.0. The summed E-state index contributed by atoms with van der Waals surface area (Å²) in [4.78, 5) is 6.81. The van der Waals surface area contributed by atoms with E-state index in [2.05, 4.69) is 39.5 Å². The van der Waals surface area contributed by atoms with Gasteiger partial charge < -0.3 is 15.3 Å². The van der Waals surface area contributed by atoms with Gasteiger partial charge in [0.15, 0.2) is 5.96 Å². The Kier molecular flexibility index (Phi) is 7.84. The lowest BCUT2D eigenvalue weighted by Gasteiger charge is -2.31. The molecular formula is C20H25FIN3O. The number of aliphatic imine (C=N–C) groups is 1. The second-order valence-corrected chi connectivity index (χ2v) is 6.20. The molecule has 1 heterocycles. The van der Waals surface area contributed by atoms with Crippen LogP contribution in [0.1, 0.15) is 29.7 Å². The first-order valence-corrected chi connectivity index (χ1v) is 8.71. The van der Waals surface area contributed by atoms with Gasteiger partial charge in [-0.25, -0.2) is 4.39 Å². The van der Waals surface area contributed by atoms with Crippen molar-refractivity contribution in [3.8, 4) is 0 Å². The smallest absolute Gasteiger partial charge is 0.194 e. The molecular weight excluding hydrogens is 444 g/mol. The SMILES string of the molecule is CCNC(=NCC(O)c1ccc(F)cc1)N1CCc2ccccc2C1.I. The van der Waals surface area contributed by atoms with Crippen molar-refractivity contribution in [2.24, 2.45) is 4.99 Å². The topological polar surface area (TPSA) is 47.9 Å². The van der Waals surface area contributed by atoms with E-state index < -0.39 is 6.10 Å². The zero-order chi connectivity index (χ0) is 17.6. The van der Waals surface area contributed by atoms with Crippen LogP contribution in [0.2, 0.25) is 0 Å². The number of aliphatic hydroxyl groups excluding tert-OH is 1. The first-order chi connectivity index (χ1) is 12.2. The van der Waals surface area contributed by atoms with Crippen LogP contribution in [0, 0.1) is 5.82 Å². The minimum atomic E-state index is -0.744. The number of nitrogens with one attached hydrogen (secondary N) is 1. The number of hydrogen-bond donors (Lipinski definition) is 2. The number of benzene rings is 2. The molecule has 1 atom stereocenters. The minimum Gasteiger partial charge on any atom is -0.386 e. The quantitative estimate of drug-likeness (QED) is 0.410. The molecule has 2 aromatic rings. The molecule has 4 nitrogen and oxygen atoms in total. The number of halogens is 2. The molecule has 0 bridgehead atoms. The summed E-state index contributed by atoms with van der Waals surface area (Å²) in [6.07, 6.45) is 0.243. The molecule has 0 saturated heterocycles. The van der Waals surface area contributed by atoms with Gasteiger partial charge in [0.05, 0.1) is 12.6 Å². The van der Waals surface area contributed by atoms with Crippen LogP contribution >= 0.6 is 24.0 Å². The number of nitrogens with zero attached hydrogens (tertiary/aromatic N) is 2. The highest BCUT2D eigenvalue weighted by Crippen LogP contribution is 2.19. The van der Waals surface area contributed by atoms with Gasteiger partial charge in [0.25, 0.3) is 0 Å². The average Bonchev–Trinajstić information content (AvgIpc) is 2.65. The molecule has 26 heavy (non-hydrogen) atoms. The zero-order valence-electron chi connectivity index (χ0n) is 14.9. The van der Waals surface area contributed by atoms with Crippen LogP contribution in [0.5, 0.6) is 0 Å². The fourth-order valence-corrected chi connectivity index (χ4v) is 3.07. The van der Waals surface area contributed by atoms with Crippen LogP contribution in [-0.4, -0.2) is 35.6 Å². The fourth-order valence-electron chi connectivity index (χ4n) is 3.07. The van der Waals surface area contributed by atoms with E-state index in [-0.39, 0.29) is 36.3 Å². The molecule has 1 aliphatic rings. The van der Waals surface area contributed by atoms with Crippen molar-refractivity contribution in [2.75, 3.05) is 19.6 Å². The van der Waals surface area contributed by atoms with E-state index in [1.807, 2.05) is 6.92 Å². The normalized spacial score (nSPS) is 15.0. The van der Waals surface area contributed by atoms with E-state index in [0.29, 0.717) is 5.56 Å². The monoisotopic (exact) mass is 469 g/mol. The van der Waals surface area contributed by atoms with Crippen molar-refractivity contribution >= 4 is 29.9 Å². The van der Waals surface area contributed by atoms with Crippen molar-refractivity contribution in [3.05, 3.63) is 71.0 Å². The van der Waals surface area contributed by atoms with Crippen LogP contribution in [0.25, 0.3) is 0 Å². The van der Waals surface area contributed by atoms with Gasteiger partial charge in [0.1, 0.15) is 5.82 Å². The van der Waals surface area contributed by atoms with Gasteiger partial charge >= 0.3 is 0 Å². The lowest BCUT2D eigenvalue weighted by molar-refractivity contribution is 0.186. The standard InChI is InChI=1S/C20H24FN3O.HI/c1-2-22-20(23-13-19(25)16-7-9-18(21)10-8-16)24-12-11-15-5-3-4-6-17(15)14-24;/h3-10,19,25H,2,11-14H2,1H3,(H,22,23);1H. The van der Waals surface area contributed by atoms with E-state index in [0.717, 1.165) is 32.0 Å². The Balaban J connectivity index is 0.00000243. The summed E-state index contributed by atoms with van der Waals surface area (Å²) in [5.74, 6) is 0.498. The maximum Gasteiger partial charge on any atom is 0.194 e. The Hall–Kier alpha value is -1.67. The van der Waals surface area contributed by atoms with Gasteiger partial charge in [-0.2, -0.15) is 0 Å². The van der Waals surface area contributed by atoms with Gasteiger partial charge in [0, 0.05) is 19.6 Å². The molecule has 0 spiro atoms. The van der Waals surface area contributed by atoms with Crippen LogP contribution in [0.3, 0.4) is 0 Å². The van der Waals surface area contributed by atoms with Gasteiger partial charge in [-0.05, 0) is 42.2 Å². The van der Waals surface area contributed by atoms with E-state index >= 15 is 0 Å². The highest BCUT2D eigenvalue weighted by molar-refractivity contribution is 14.0. The first-order valence-electron chi connectivity index (χ1n) is 8.71. The van der Waals surface area contributed by atoms with Gasteiger partial charge in [-0.15, -0.1) is 24.0 Å². The molecule has 0 fully saturated rings. The number of fused-ring (bicyclic) bond motifs is 1. The third kappa shape index (κ3) is 5.17. The molecule has 0 aromatic heterocycles. The summed E-state index contributed by atoms with van der Waals surface area (Å²) in [6.45, 7) is 4.75. The lowest BCUT2D eigenvalue weighted by Crippen LogP contribution is -2.44. The zero-order valence-corrected chi connectivity index (χ0v) is 17.2. The van der Waals surface area contributed by atoms with Crippen LogP contribution in [0.4, 0.5) is 4.39 Å². The predicted octanol–water partition coefficient (Wildman–Crippen LogP) is 3.50. The van der Waals surface area contributed by atoms with Crippen molar-refractivity contribution < 1.29 is 9.50 Å². The van der Waals surface area contributed by atoms with Crippen LogP contribution in [0.15, 0.2) is 53.5 Å². The summed E-state index contributed by atoms with van der Waals surface area (Å²) in [5.41, 5.74) is 3.38. The Bertz CT molecular complexity index is 736. The van der Waals surface area contributed by atoms with Crippen LogP contribution in [-0.2, 0) is 13.0 Å². The van der Waals surface area contributed by atoms with E-state index in [1.54, 1.807) is 12.1 Å². The van der Waals surface area contributed by atoms with Crippen molar-refractivity contribution in [1.29, 1.82) is 0 Å². The summed E-state index contributed by atoms with van der Waals surface area (Å²) >= 11 is 0. The summed E-state index contributed by atoms with van der Waals surface area (Å²) in [7, 11) is 0. The number of guanidine groups is 1. The third-order valence-corrected chi connectivity index (χ3v) is 4.43. The van der Waals surface area contributed by atoms with Crippen LogP contribution < -0.4 is 5.32 Å². The second kappa shape index (κ2) is 9.87. The van der Waals surface area contributed by atoms with Crippen molar-refractivity contribution in [1.82, 2.24) is 10.2 Å². The second-order valence-electron chi connectivity index (χ2n) is 6.20. The molecule has 140 valence electrons. The largest absolute Gasteiger partial charge is 0.386 e. The van der Waals surface area contributed by atoms with Gasteiger partial charge in [-0.1, -0.05) is 36.4 Å². The van der Waals surface area contributed by atoms with Gasteiger partial charge in [-0.3, -0.25) is 4.99 Å². The Morgan fingerprint density at radius 1 is 1.19 bits per heavy atom. The average molecular weight is 469 g/mol. The molecule has 0 aliphatic carbocycles. The lowest BCUT2D eigenvalue weighted by atomic mass is 10.0. The molecule has 0 amide bonds. The maximum atomic E-state index is 13.0. The highest BCUT2D eigenvalue weighted by Gasteiger charge is 2.19. The Morgan fingerprint density at radius 2 is 1.88 bits per heavy atom. The Labute approximate surface area is 171 Å². The first kappa shape index (κ1) is 20.6. The summed E-state index contributed by atoms with van der Waals surface area (Å²) in [6, 6.07) is 14.4. The number of rotatable bonds is 4. The molecule has 0 saturated carbocycles. The molecule has 6 heteroatoms. The molecule has 2 aromatic carbocycles. The molecule has 2 N–H and O–H groups in total. The maximum absolute atomic E-state index is 13.0. The summed E-state index contributed by atoms with van der Waals surface area (Å²) in [5, 5.41) is 13.6. The van der Waals surface area contributed by atoms with E-state index in [4.69, 9.17) is 0 Å². The van der Waals surface area contributed by atoms with Crippen molar-refractivity contribution in [3.63, 3.8) is 0 Å². The third-order valence-electron chi connectivity index (χ3n) is 4.43. The molecule has 1 unspecified atom stereocenters. The molecule has 1 aliphatic heterocycles. The predicted molar refractivity (Wildman–Crippen MR) is 113 cm³/mol. The minimum absolute atomic E-state index is 0. The molecule has 3 rings (SSSR count). The number of hydrogen-bond acceptors (Lipinski definition) is 2. The van der Waals surface area contributed by atoms with E-state index in [1.165, 1.54) is 23.3 Å². The van der Waals surface area contributed by atoms with Crippen molar-refractivity contribution in [2.45, 2.75) is 26.0 Å². The molecule has 0 radical (unpaired) electrons. The van der Waals surface area contributed by atoms with Gasteiger partial charge in [0.2, 0.25) is 0 Å². The highest BCUT2D eigenvalue weighted by atomic mass is 127. The fraction of sp³-hybridized carbons (Fsp3) is 0.350. The Morgan fingerprint density at radius 3 is 2.58 bits per heavy atom. The number of aliphatic hydroxyl groups is 1.